The van der Waals surface area contributed by atoms with E-state index in [9.17, 15) is 13.2 Å². The van der Waals surface area contributed by atoms with Crippen LogP contribution < -0.4 is 11.1 Å². The van der Waals surface area contributed by atoms with Gasteiger partial charge in [-0.15, -0.1) is 0 Å². The molecule has 2 aromatic rings. The Morgan fingerprint density at radius 1 is 1.10 bits per heavy atom. The minimum Gasteiger partial charge on any atom is -0.397 e. The molecule has 106 valence electrons. The Labute approximate surface area is 126 Å². The topological polar surface area (TPSA) is 38.0 Å². The Kier molecular flexibility index (Phi) is 4.15. The van der Waals surface area contributed by atoms with Gasteiger partial charge >= 0.3 is 6.18 Å². The molecule has 0 saturated heterocycles. The molecule has 0 amide bonds. The first-order chi connectivity index (χ1) is 9.27. The third kappa shape index (κ3) is 3.37. The van der Waals surface area contributed by atoms with Crippen LogP contribution in [0.3, 0.4) is 0 Å². The van der Waals surface area contributed by atoms with Gasteiger partial charge in [0, 0.05) is 10.2 Å². The van der Waals surface area contributed by atoms with Crippen molar-refractivity contribution >= 4 is 44.6 Å². The molecule has 0 bridgehead atoms. The van der Waals surface area contributed by atoms with Gasteiger partial charge in [-0.25, -0.2) is 0 Å². The molecule has 3 N–H and O–H groups in total. The zero-order chi connectivity index (χ0) is 14.9. The van der Waals surface area contributed by atoms with Crippen molar-refractivity contribution in [3.63, 3.8) is 0 Å². The summed E-state index contributed by atoms with van der Waals surface area (Å²) in [5.41, 5.74) is 5.87. The maximum atomic E-state index is 12.5. The Morgan fingerprint density at radius 2 is 1.80 bits per heavy atom. The molecule has 20 heavy (non-hydrogen) atoms. The van der Waals surface area contributed by atoms with Crippen LogP contribution in [0.4, 0.5) is 30.2 Å². The van der Waals surface area contributed by atoms with Gasteiger partial charge in [-0.05, 0) is 52.3 Å². The van der Waals surface area contributed by atoms with Gasteiger partial charge in [-0.1, -0.05) is 11.6 Å². The number of nitrogens with two attached hydrogens (primary N) is 1. The van der Waals surface area contributed by atoms with Crippen LogP contribution in [-0.4, -0.2) is 0 Å². The van der Waals surface area contributed by atoms with E-state index in [-0.39, 0.29) is 5.69 Å². The van der Waals surface area contributed by atoms with Crippen LogP contribution >= 0.6 is 27.5 Å². The van der Waals surface area contributed by atoms with Crippen molar-refractivity contribution in [2.24, 2.45) is 0 Å². The summed E-state index contributed by atoms with van der Waals surface area (Å²) in [6.45, 7) is 0. The predicted octanol–water partition coefficient (Wildman–Crippen LogP) is 5.45. The van der Waals surface area contributed by atoms with Crippen LogP contribution in [0.2, 0.25) is 5.02 Å². The molecule has 0 aromatic heterocycles. The summed E-state index contributed by atoms with van der Waals surface area (Å²) < 4.78 is 38.3. The van der Waals surface area contributed by atoms with Crippen LogP contribution in [0.1, 0.15) is 5.56 Å². The average Bonchev–Trinajstić information content (AvgIpc) is 2.35. The lowest BCUT2D eigenvalue weighted by molar-refractivity contribution is -0.137. The number of halogens is 5. The van der Waals surface area contributed by atoms with Crippen LogP contribution in [0.5, 0.6) is 0 Å². The first-order valence-electron chi connectivity index (χ1n) is 5.46. The third-order valence-corrected chi connectivity index (χ3v) is 3.81. The quantitative estimate of drug-likeness (QED) is 0.695. The predicted molar refractivity (Wildman–Crippen MR) is 78.3 cm³/mol. The number of nitrogen functional groups attached to an aromatic ring is 1. The summed E-state index contributed by atoms with van der Waals surface area (Å²) in [6, 6.07) is 8.25. The highest BCUT2D eigenvalue weighted by molar-refractivity contribution is 9.10. The van der Waals surface area contributed by atoms with E-state index < -0.39 is 11.7 Å². The molecule has 2 rings (SSSR count). The maximum absolute atomic E-state index is 12.5. The van der Waals surface area contributed by atoms with Crippen LogP contribution in [0.15, 0.2) is 40.9 Å². The van der Waals surface area contributed by atoms with Gasteiger partial charge in [0.05, 0.1) is 22.0 Å². The lowest BCUT2D eigenvalue weighted by Crippen LogP contribution is -2.06. The number of alkyl halides is 3. The SMILES string of the molecule is Nc1cc(C(F)(F)F)ccc1Nc1ccc(Br)c(Cl)c1. The Morgan fingerprint density at radius 3 is 2.35 bits per heavy atom. The molecule has 0 unspecified atom stereocenters. The van der Waals surface area contributed by atoms with E-state index in [1.54, 1.807) is 18.2 Å². The summed E-state index contributed by atoms with van der Waals surface area (Å²) in [5.74, 6) is 0. The molecule has 2 nitrogen and oxygen atoms in total. The van der Waals surface area contributed by atoms with Gasteiger partial charge < -0.3 is 11.1 Å². The first-order valence-corrected chi connectivity index (χ1v) is 6.63. The standard InChI is InChI=1S/C13H9BrClF3N2/c14-9-3-2-8(6-10(9)15)20-12-4-1-7(5-11(12)19)13(16,17)18/h1-6,20H,19H2. The molecule has 0 spiro atoms. The second kappa shape index (κ2) is 5.54. The minimum absolute atomic E-state index is 0.0128. The Bertz CT molecular complexity index is 644. The zero-order valence-corrected chi connectivity index (χ0v) is 12.3. The molecule has 0 heterocycles. The molecule has 0 fully saturated rings. The zero-order valence-electron chi connectivity index (χ0n) is 9.93. The second-order valence-corrected chi connectivity index (χ2v) is 5.32. The van der Waals surface area contributed by atoms with Gasteiger partial charge in [-0.3, -0.25) is 0 Å². The highest BCUT2D eigenvalue weighted by Gasteiger charge is 2.30. The monoisotopic (exact) mass is 364 g/mol. The van der Waals surface area contributed by atoms with Crippen LogP contribution in [-0.2, 0) is 6.18 Å². The number of hydrogen-bond donors (Lipinski definition) is 2. The highest BCUT2D eigenvalue weighted by atomic mass is 79.9. The van der Waals surface area contributed by atoms with E-state index >= 15 is 0 Å². The van der Waals surface area contributed by atoms with Crippen LogP contribution in [0.25, 0.3) is 0 Å². The summed E-state index contributed by atoms with van der Waals surface area (Å²) in [5, 5.41) is 3.41. The van der Waals surface area contributed by atoms with E-state index in [1.165, 1.54) is 6.07 Å². The normalized spacial score (nSPS) is 11.4. The Balaban J connectivity index is 2.28. The van der Waals surface area contributed by atoms with Gasteiger partial charge in [0.1, 0.15) is 0 Å². The maximum Gasteiger partial charge on any atom is 0.416 e. The number of nitrogens with one attached hydrogen (secondary N) is 1. The summed E-state index contributed by atoms with van der Waals surface area (Å²) in [6.07, 6.45) is -4.41. The number of rotatable bonds is 2. The largest absolute Gasteiger partial charge is 0.416 e. The van der Waals surface area contributed by atoms with Gasteiger partial charge in [-0.2, -0.15) is 13.2 Å². The third-order valence-electron chi connectivity index (χ3n) is 2.58. The molecule has 0 atom stereocenters. The smallest absolute Gasteiger partial charge is 0.397 e. The van der Waals surface area contributed by atoms with Crippen molar-refractivity contribution in [1.29, 1.82) is 0 Å². The van der Waals surface area contributed by atoms with E-state index in [4.69, 9.17) is 17.3 Å². The van der Waals surface area contributed by atoms with Crippen molar-refractivity contribution in [3.8, 4) is 0 Å². The van der Waals surface area contributed by atoms with Crippen LogP contribution in [0, 0.1) is 0 Å². The average molecular weight is 366 g/mol. The molecule has 7 heteroatoms. The number of benzene rings is 2. The minimum atomic E-state index is -4.41. The molecule has 2 aromatic carbocycles. The van der Waals surface area contributed by atoms with E-state index in [0.717, 1.165) is 16.6 Å². The molecule has 0 aliphatic carbocycles. The van der Waals surface area contributed by atoms with E-state index in [1.807, 2.05) is 0 Å². The number of anilines is 3. The molecular formula is C13H9BrClF3N2. The fraction of sp³-hybridized carbons (Fsp3) is 0.0769. The van der Waals surface area contributed by atoms with Crippen molar-refractivity contribution < 1.29 is 13.2 Å². The van der Waals surface area contributed by atoms with Crippen molar-refractivity contribution in [2.45, 2.75) is 6.18 Å². The van der Waals surface area contributed by atoms with Gasteiger partial charge in [0.2, 0.25) is 0 Å². The molecule has 0 aliphatic rings. The van der Waals surface area contributed by atoms with Crippen molar-refractivity contribution in [1.82, 2.24) is 0 Å². The second-order valence-electron chi connectivity index (χ2n) is 4.05. The molecule has 0 aliphatic heterocycles. The molecule has 0 radical (unpaired) electrons. The highest BCUT2D eigenvalue weighted by Crippen LogP contribution is 2.34. The number of hydrogen-bond acceptors (Lipinski definition) is 2. The fourth-order valence-corrected chi connectivity index (χ4v) is 2.01. The molecule has 0 saturated carbocycles. The lowest BCUT2D eigenvalue weighted by atomic mass is 10.1. The van der Waals surface area contributed by atoms with E-state index in [0.29, 0.717) is 16.4 Å². The first kappa shape index (κ1) is 15.0. The molecular weight excluding hydrogens is 357 g/mol. The fourth-order valence-electron chi connectivity index (χ4n) is 1.58. The van der Waals surface area contributed by atoms with Gasteiger partial charge in [0.25, 0.3) is 0 Å². The summed E-state index contributed by atoms with van der Waals surface area (Å²) in [7, 11) is 0. The van der Waals surface area contributed by atoms with E-state index in [2.05, 4.69) is 21.2 Å². The summed E-state index contributed by atoms with van der Waals surface area (Å²) >= 11 is 9.19. The van der Waals surface area contributed by atoms with Crippen molar-refractivity contribution in [3.05, 3.63) is 51.5 Å². The van der Waals surface area contributed by atoms with Crippen molar-refractivity contribution in [2.75, 3.05) is 11.1 Å². The Hall–Kier alpha value is -1.40. The lowest BCUT2D eigenvalue weighted by Gasteiger charge is -2.13. The van der Waals surface area contributed by atoms with Gasteiger partial charge in [0.15, 0.2) is 0 Å². The summed E-state index contributed by atoms with van der Waals surface area (Å²) in [4.78, 5) is 0.